The summed E-state index contributed by atoms with van der Waals surface area (Å²) in [6.45, 7) is 2.38. The largest absolute Gasteiger partial charge is 0.472 e. The average molecular weight is 831 g/mol. The minimum atomic E-state index is -4.62. The van der Waals surface area contributed by atoms with E-state index in [9.17, 15) is 24.2 Å². The van der Waals surface area contributed by atoms with Crippen LogP contribution in [0.4, 0.5) is 0 Å². The fourth-order valence-electron chi connectivity index (χ4n) is 6.50. The van der Waals surface area contributed by atoms with Crippen molar-refractivity contribution in [1.29, 1.82) is 0 Å². The summed E-state index contributed by atoms with van der Waals surface area (Å²) in [4.78, 5) is 35.1. The normalized spacial score (nSPS) is 14.0. The molecule has 0 spiro atoms. The van der Waals surface area contributed by atoms with Crippen LogP contribution in [0.1, 0.15) is 219 Å². The van der Waals surface area contributed by atoms with Crippen LogP contribution < -0.4 is 0 Å². The number of aliphatic hydroxyl groups is 2. The van der Waals surface area contributed by atoms with Gasteiger partial charge in [-0.2, -0.15) is 0 Å². The number of phosphoric acid groups is 1. The fraction of sp³-hybridized carbons (Fsp3) is 0.870. The van der Waals surface area contributed by atoms with Crippen molar-refractivity contribution in [3.63, 3.8) is 0 Å². The highest BCUT2D eigenvalue weighted by Gasteiger charge is 2.27. The van der Waals surface area contributed by atoms with E-state index in [0.717, 1.165) is 51.4 Å². The average Bonchev–Trinajstić information content (AvgIpc) is 3.20. The lowest BCUT2D eigenvalue weighted by atomic mass is 10.0. The van der Waals surface area contributed by atoms with E-state index in [1.165, 1.54) is 128 Å². The van der Waals surface area contributed by atoms with Crippen LogP contribution in [0.5, 0.6) is 0 Å². The Hall–Kier alpha value is -1.55. The molecular weight excluding hydrogens is 743 g/mol. The molecule has 0 aliphatic rings. The van der Waals surface area contributed by atoms with Gasteiger partial charge in [0.05, 0.1) is 19.8 Å². The minimum Gasteiger partial charge on any atom is -0.462 e. The summed E-state index contributed by atoms with van der Waals surface area (Å²) in [5.41, 5.74) is 0. The molecule has 336 valence electrons. The predicted octanol–water partition coefficient (Wildman–Crippen LogP) is 12.6. The first kappa shape index (κ1) is 55.5. The quantitative estimate of drug-likeness (QED) is 0.0234. The summed E-state index contributed by atoms with van der Waals surface area (Å²) in [5, 5.41) is 18.4. The van der Waals surface area contributed by atoms with Crippen molar-refractivity contribution in [3.05, 3.63) is 24.3 Å². The second-order valence-corrected chi connectivity index (χ2v) is 17.2. The number of carbonyl (C=O) groups is 2. The fourth-order valence-corrected chi connectivity index (χ4v) is 7.28. The number of hydrogen-bond acceptors (Lipinski definition) is 9. The molecule has 0 radical (unpaired) electrons. The van der Waals surface area contributed by atoms with Gasteiger partial charge in [0.15, 0.2) is 6.10 Å². The summed E-state index contributed by atoms with van der Waals surface area (Å²) in [6, 6.07) is 0. The summed E-state index contributed by atoms with van der Waals surface area (Å²) in [7, 11) is -4.62. The van der Waals surface area contributed by atoms with E-state index < -0.39 is 51.8 Å². The van der Waals surface area contributed by atoms with Crippen molar-refractivity contribution in [1.82, 2.24) is 0 Å². The van der Waals surface area contributed by atoms with Crippen molar-refractivity contribution in [2.24, 2.45) is 0 Å². The SMILES string of the molecule is CCCCC/C=C\C/C=C\CCCCCCCCCCCC(=O)OC[C@H](COP(=O)(O)OC[C@@H](O)CO)OC(=O)CCCCCCCCCCCCCCCCC. The maximum atomic E-state index is 12.6. The topological polar surface area (TPSA) is 149 Å². The molecule has 0 aliphatic heterocycles. The molecule has 0 aromatic heterocycles. The molecule has 10 nitrogen and oxygen atoms in total. The van der Waals surface area contributed by atoms with Gasteiger partial charge in [0.25, 0.3) is 0 Å². The third-order valence-electron chi connectivity index (χ3n) is 10.1. The zero-order valence-electron chi connectivity index (χ0n) is 36.6. The molecule has 0 heterocycles. The molecule has 0 rings (SSSR count). The van der Waals surface area contributed by atoms with E-state index >= 15 is 0 Å². The lowest BCUT2D eigenvalue weighted by Gasteiger charge is -2.20. The van der Waals surface area contributed by atoms with Crippen molar-refractivity contribution in [2.75, 3.05) is 26.4 Å². The number of rotatable bonds is 44. The van der Waals surface area contributed by atoms with Crippen LogP contribution in [0.3, 0.4) is 0 Å². The first-order valence-corrected chi connectivity index (χ1v) is 24.8. The number of unbranched alkanes of at least 4 members (excludes halogenated alkanes) is 26. The van der Waals surface area contributed by atoms with E-state index in [0.29, 0.717) is 12.8 Å². The van der Waals surface area contributed by atoms with Crippen LogP contribution in [-0.4, -0.2) is 65.7 Å². The highest BCUT2D eigenvalue weighted by Crippen LogP contribution is 2.43. The third-order valence-corrected chi connectivity index (χ3v) is 11.1. The Morgan fingerprint density at radius 2 is 0.912 bits per heavy atom. The number of carbonyl (C=O) groups excluding carboxylic acids is 2. The number of hydrogen-bond donors (Lipinski definition) is 3. The van der Waals surface area contributed by atoms with Gasteiger partial charge >= 0.3 is 19.8 Å². The van der Waals surface area contributed by atoms with Gasteiger partial charge in [-0.3, -0.25) is 18.6 Å². The Balaban J connectivity index is 4.22. The molecule has 3 N–H and O–H groups in total. The summed E-state index contributed by atoms with van der Waals surface area (Å²) >= 11 is 0. The second kappa shape index (κ2) is 42.6. The second-order valence-electron chi connectivity index (χ2n) is 15.8. The standard InChI is InChI=1S/C46H87O10P/c1-3-5-7-9-11-13-15-17-19-20-21-22-24-25-27-29-31-33-35-37-45(49)53-41-44(42-55-57(51,52)54-40-43(48)39-47)56-46(50)38-36-34-32-30-28-26-23-18-16-14-12-10-8-6-4-2/h11,13,17,19,43-44,47-48H,3-10,12,14-16,18,20-42H2,1-2H3,(H,51,52)/b13-11-,19-17-/t43-,44+/m0/s1. The van der Waals surface area contributed by atoms with Crippen molar-refractivity contribution in [2.45, 2.75) is 232 Å². The van der Waals surface area contributed by atoms with Gasteiger partial charge in [-0.25, -0.2) is 4.57 Å². The lowest BCUT2D eigenvalue weighted by molar-refractivity contribution is -0.161. The van der Waals surface area contributed by atoms with E-state index in [-0.39, 0.29) is 19.4 Å². The molecule has 3 atom stereocenters. The molecule has 11 heteroatoms. The van der Waals surface area contributed by atoms with Crippen LogP contribution in [0.15, 0.2) is 24.3 Å². The number of ether oxygens (including phenoxy) is 2. The number of aliphatic hydroxyl groups excluding tert-OH is 2. The van der Waals surface area contributed by atoms with Crippen molar-refractivity contribution >= 4 is 19.8 Å². The zero-order valence-corrected chi connectivity index (χ0v) is 37.5. The number of esters is 2. The van der Waals surface area contributed by atoms with Gasteiger partial charge in [-0.1, -0.05) is 186 Å². The van der Waals surface area contributed by atoms with Gasteiger partial charge in [0, 0.05) is 12.8 Å². The molecule has 0 aliphatic carbocycles. The molecule has 0 aromatic rings. The van der Waals surface area contributed by atoms with Gasteiger partial charge < -0.3 is 24.6 Å². The Morgan fingerprint density at radius 1 is 0.526 bits per heavy atom. The van der Waals surface area contributed by atoms with Crippen LogP contribution in [-0.2, 0) is 32.7 Å². The molecule has 0 saturated heterocycles. The van der Waals surface area contributed by atoms with E-state index in [2.05, 4.69) is 38.2 Å². The Kier molecular flexibility index (Phi) is 41.4. The Morgan fingerprint density at radius 3 is 1.39 bits per heavy atom. The maximum absolute atomic E-state index is 12.6. The molecule has 57 heavy (non-hydrogen) atoms. The van der Waals surface area contributed by atoms with Crippen LogP contribution >= 0.6 is 7.82 Å². The van der Waals surface area contributed by atoms with Crippen molar-refractivity contribution in [3.8, 4) is 0 Å². The Bertz CT molecular complexity index is 1000. The number of allylic oxidation sites excluding steroid dienone is 4. The summed E-state index contributed by atoms with van der Waals surface area (Å²) in [5.74, 6) is -0.919. The van der Waals surface area contributed by atoms with Crippen LogP contribution in [0, 0.1) is 0 Å². The molecule has 1 unspecified atom stereocenters. The summed E-state index contributed by atoms with van der Waals surface area (Å²) < 4.78 is 32.8. The monoisotopic (exact) mass is 831 g/mol. The molecule has 0 bridgehead atoms. The highest BCUT2D eigenvalue weighted by atomic mass is 31.2. The van der Waals surface area contributed by atoms with E-state index in [4.69, 9.17) is 23.6 Å². The minimum absolute atomic E-state index is 0.188. The predicted molar refractivity (Wildman–Crippen MR) is 233 cm³/mol. The van der Waals surface area contributed by atoms with E-state index in [1.54, 1.807) is 0 Å². The van der Waals surface area contributed by atoms with Crippen LogP contribution in [0.25, 0.3) is 0 Å². The van der Waals surface area contributed by atoms with Crippen molar-refractivity contribution < 1.29 is 47.8 Å². The van der Waals surface area contributed by atoms with Gasteiger partial charge in [0.1, 0.15) is 12.7 Å². The molecule has 0 amide bonds. The third kappa shape index (κ3) is 42.4. The smallest absolute Gasteiger partial charge is 0.462 e. The van der Waals surface area contributed by atoms with Crippen LogP contribution in [0.2, 0.25) is 0 Å². The first-order valence-electron chi connectivity index (χ1n) is 23.3. The molecule has 0 saturated carbocycles. The van der Waals surface area contributed by atoms with Gasteiger partial charge in [-0.15, -0.1) is 0 Å². The van der Waals surface area contributed by atoms with E-state index in [1.807, 2.05) is 0 Å². The van der Waals surface area contributed by atoms with Gasteiger partial charge in [-0.05, 0) is 44.9 Å². The Labute approximate surface area is 348 Å². The zero-order chi connectivity index (χ0) is 41.9. The molecule has 0 fully saturated rings. The van der Waals surface area contributed by atoms with Gasteiger partial charge in [0.2, 0.25) is 0 Å². The lowest BCUT2D eigenvalue weighted by Crippen LogP contribution is -2.29. The summed E-state index contributed by atoms with van der Waals surface area (Å²) in [6.07, 6.45) is 42.8. The maximum Gasteiger partial charge on any atom is 0.472 e. The molecular formula is C46H87O10P. The number of phosphoric ester groups is 1. The first-order chi connectivity index (χ1) is 27.7. The molecule has 0 aromatic carbocycles. The highest BCUT2D eigenvalue weighted by molar-refractivity contribution is 7.47.